The molecule has 0 saturated heterocycles. The first-order valence-corrected chi connectivity index (χ1v) is 12.0. The molecule has 0 bridgehead atoms. The van der Waals surface area contributed by atoms with Gasteiger partial charge in [-0.3, -0.25) is 0 Å². The zero-order valence-corrected chi connectivity index (χ0v) is 19.9. The number of cyclic esters (lactones) is 4. The van der Waals surface area contributed by atoms with E-state index in [1.54, 1.807) is 0 Å². The largest absolute Gasteiger partial charge is 0.462 e. The molecule has 37 heavy (non-hydrogen) atoms. The standard InChI is InChI=1S/C27H24O10/c28-22(16-8-10-18-20(14-16)26(32)36-24(18)30)34-12-6-4-2-1-3-5-7-13-35-23(29)17-9-11-19-21(15-17)27(33)37-25(19)31/h8-11,14-15H,1-7,12-13H2. The maximum absolute atomic E-state index is 12.2. The van der Waals surface area contributed by atoms with Crippen LogP contribution in [0, 0.1) is 0 Å². The van der Waals surface area contributed by atoms with Crippen molar-refractivity contribution in [3.63, 3.8) is 0 Å². The Morgan fingerprint density at radius 1 is 0.514 bits per heavy atom. The Morgan fingerprint density at radius 3 is 1.27 bits per heavy atom. The Labute approximate surface area is 211 Å². The molecule has 0 spiro atoms. The van der Waals surface area contributed by atoms with Gasteiger partial charge in [-0.2, -0.15) is 0 Å². The number of unbranched alkanes of at least 4 members (excludes halogenated alkanes) is 6. The molecule has 0 aliphatic carbocycles. The van der Waals surface area contributed by atoms with Crippen molar-refractivity contribution in [2.24, 2.45) is 0 Å². The number of hydrogen-bond donors (Lipinski definition) is 0. The van der Waals surface area contributed by atoms with Crippen LogP contribution in [0.2, 0.25) is 0 Å². The summed E-state index contributed by atoms with van der Waals surface area (Å²) in [5, 5.41) is 0. The lowest BCUT2D eigenvalue weighted by molar-refractivity contribution is 0.0425. The third-order valence-electron chi connectivity index (χ3n) is 6.02. The molecule has 2 aromatic rings. The van der Waals surface area contributed by atoms with Crippen LogP contribution in [0.5, 0.6) is 0 Å². The number of carbonyl (C=O) groups excluding carboxylic acids is 6. The number of hydrogen-bond acceptors (Lipinski definition) is 10. The van der Waals surface area contributed by atoms with Crippen molar-refractivity contribution in [2.45, 2.75) is 44.9 Å². The molecule has 0 N–H and O–H groups in total. The van der Waals surface area contributed by atoms with Gasteiger partial charge in [0.15, 0.2) is 0 Å². The molecular formula is C27H24O10. The lowest BCUT2D eigenvalue weighted by atomic mass is 10.1. The lowest BCUT2D eigenvalue weighted by Gasteiger charge is -2.06. The molecule has 0 fully saturated rings. The summed E-state index contributed by atoms with van der Waals surface area (Å²) in [7, 11) is 0. The highest BCUT2D eigenvalue weighted by molar-refractivity contribution is 6.16. The van der Waals surface area contributed by atoms with Crippen molar-refractivity contribution in [3.8, 4) is 0 Å². The van der Waals surface area contributed by atoms with E-state index in [0.29, 0.717) is 12.8 Å². The van der Waals surface area contributed by atoms with E-state index in [4.69, 9.17) is 9.47 Å². The number of carbonyl (C=O) groups is 6. The van der Waals surface area contributed by atoms with Crippen LogP contribution in [0.3, 0.4) is 0 Å². The van der Waals surface area contributed by atoms with Gasteiger partial charge >= 0.3 is 35.8 Å². The van der Waals surface area contributed by atoms with Gasteiger partial charge in [0.2, 0.25) is 0 Å². The van der Waals surface area contributed by atoms with Crippen LogP contribution in [0.4, 0.5) is 0 Å². The third-order valence-corrected chi connectivity index (χ3v) is 6.02. The van der Waals surface area contributed by atoms with E-state index < -0.39 is 35.8 Å². The van der Waals surface area contributed by atoms with Crippen molar-refractivity contribution in [1.82, 2.24) is 0 Å². The number of ether oxygens (including phenoxy) is 4. The molecule has 0 atom stereocenters. The second-order valence-electron chi connectivity index (χ2n) is 8.62. The number of benzene rings is 2. The van der Waals surface area contributed by atoms with Gasteiger partial charge in [-0.1, -0.05) is 32.1 Å². The van der Waals surface area contributed by atoms with Gasteiger partial charge in [0.05, 0.1) is 46.6 Å². The average Bonchev–Trinajstić information content (AvgIpc) is 3.34. The number of fused-ring (bicyclic) bond motifs is 2. The summed E-state index contributed by atoms with van der Waals surface area (Å²) >= 11 is 0. The van der Waals surface area contributed by atoms with Crippen LogP contribution in [-0.2, 0) is 18.9 Å². The Kier molecular flexibility index (Phi) is 8.07. The summed E-state index contributed by atoms with van der Waals surface area (Å²) in [6.07, 6.45) is 6.10. The van der Waals surface area contributed by atoms with Crippen molar-refractivity contribution >= 4 is 35.8 Å². The fraction of sp³-hybridized carbons (Fsp3) is 0.333. The van der Waals surface area contributed by atoms with E-state index in [1.807, 2.05) is 0 Å². The normalized spacial score (nSPS) is 13.6. The summed E-state index contributed by atoms with van der Waals surface area (Å²) in [5.74, 6) is -4.08. The lowest BCUT2D eigenvalue weighted by Crippen LogP contribution is -2.08. The van der Waals surface area contributed by atoms with Crippen molar-refractivity contribution in [2.75, 3.05) is 13.2 Å². The molecule has 2 aliphatic rings. The van der Waals surface area contributed by atoms with E-state index >= 15 is 0 Å². The molecule has 0 amide bonds. The molecule has 0 unspecified atom stereocenters. The summed E-state index contributed by atoms with van der Waals surface area (Å²) in [4.78, 5) is 70.4. The predicted octanol–water partition coefficient (Wildman–Crippen LogP) is 4.05. The molecule has 192 valence electrons. The molecule has 0 saturated carbocycles. The molecule has 0 radical (unpaired) electrons. The maximum atomic E-state index is 12.2. The second kappa shape index (κ2) is 11.6. The van der Waals surface area contributed by atoms with Crippen molar-refractivity contribution < 1.29 is 47.7 Å². The van der Waals surface area contributed by atoms with Crippen LogP contribution in [0.15, 0.2) is 36.4 Å². The SMILES string of the molecule is O=C(OCCCCCCCCCOC(=O)c1ccc2c(c1)C(=O)OC2=O)c1ccc2c(c1)C(=O)OC2=O. The van der Waals surface area contributed by atoms with Crippen LogP contribution in [0.1, 0.15) is 107 Å². The van der Waals surface area contributed by atoms with Crippen LogP contribution < -0.4 is 0 Å². The molecule has 2 heterocycles. The highest BCUT2D eigenvalue weighted by Gasteiger charge is 2.31. The zero-order chi connectivity index (χ0) is 26.4. The van der Waals surface area contributed by atoms with E-state index in [-0.39, 0.29) is 46.6 Å². The minimum atomic E-state index is -0.765. The van der Waals surface area contributed by atoms with Gasteiger partial charge in [0, 0.05) is 0 Å². The van der Waals surface area contributed by atoms with Gasteiger partial charge in [-0.25, -0.2) is 28.8 Å². The first-order valence-electron chi connectivity index (χ1n) is 12.0. The van der Waals surface area contributed by atoms with E-state index in [1.165, 1.54) is 36.4 Å². The van der Waals surface area contributed by atoms with Gasteiger partial charge in [-0.15, -0.1) is 0 Å². The van der Waals surface area contributed by atoms with Crippen LogP contribution >= 0.6 is 0 Å². The fourth-order valence-electron chi connectivity index (χ4n) is 4.01. The summed E-state index contributed by atoms with van der Waals surface area (Å²) < 4.78 is 19.5. The minimum Gasteiger partial charge on any atom is -0.462 e. The molecular weight excluding hydrogens is 484 g/mol. The van der Waals surface area contributed by atoms with Crippen LogP contribution in [-0.4, -0.2) is 49.0 Å². The highest BCUT2D eigenvalue weighted by Crippen LogP contribution is 2.23. The number of esters is 6. The summed E-state index contributed by atoms with van der Waals surface area (Å²) in [6.45, 7) is 0.508. The maximum Gasteiger partial charge on any atom is 0.346 e. The van der Waals surface area contributed by atoms with Gasteiger partial charge in [-0.05, 0) is 49.2 Å². The average molecular weight is 508 g/mol. The topological polar surface area (TPSA) is 139 Å². The Hall–Kier alpha value is -4.34. The van der Waals surface area contributed by atoms with Gasteiger partial charge < -0.3 is 18.9 Å². The Balaban J connectivity index is 1.03. The minimum absolute atomic E-state index is 0.0710. The Bertz CT molecular complexity index is 1180. The van der Waals surface area contributed by atoms with Crippen LogP contribution in [0.25, 0.3) is 0 Å². The van der Waals surface area contributed by atoms with Gasteiger partial charge in [0.25, 0.3) is 0 Å². The molecule has 2 aromatic carbocycles. The molecule has 4 rings (SSSR count). The highest BCUT2D eigenvalue weighted by atomic mass is 16.6. The smallest absolute Gasteiger partial charge is 0.346 e. The zero-order valence-electron chi connectivity index (χ0n) is 19.9. The van der Waals surface area contributed by atoms with E-state index in [9.17, 15) is 28.8 Å². The summed E-state index contributed by atoms with van der Waals surface area (Å²) in [5.41, 5.74) is 0.819. The Morgan fingerprint density at radius 2 is 0.865 bits per heavy atom. The quantitative estimate of drug-likeness (QED) is 0.178. The first kappa shape index (κ1) is 25.7. The molecule has 0 aromatic heterocycles. The monoisotopic (exact) mass is 508 g/mol. The third kappa shape index (κ3) is 6.08. The van der Waals surface area contributed by atoms with E-state index in [0.717, 1.165) is 32.1 Å². The predicted molar refractivity (Wildman–Crippen MR) is 125 cm³/mol. The van der Waals surface area contributed by atoms with Crippen molar-refractivity contribution in [3.05, 3.63) is 69.8 Å². The van der Waals surface area contributed by atoms with Crippen molar-refractivity contribution in [1.29, 1.82) is 0 Å². The second-order valence-corrected chi connectivity index (χ2v) is 8.62. The molecule has 10 heteroatoms. The first-order chi connectivity index (χ1) is 17.8. The molecule has 10 nitrogen and oxygen atoms in total. The fourth-order valence-corrected chi connectivity index (χ4v) is 4.01. The summed E-state index contributed by atoms with van der Waals surface area (Å²) in [6, 6.07) is 8.25. The van der Waals surface area contributed by atoms with E-state index in [2.05, 4.69) is 9.47 Å². The van der Waals surface area contributed by atoms with Gasteiger partial charge in [0.1, 0.15) is 0 Å². The molecule has 2 aliphatic heterocycles. The number of rotatable bonds is 12.